The van der Waals surface area contributed by atoms with E-state index in [0.29, 0.717) is 17.5 Å². The van der Waals surface area contributed by atoms with Crippen molar-refractivity contribution >= 4 is 75.0 Å². The first-order valence-electron chi connectivity index (χ1n) is 17.4. The molecule has 0 radical (unpaired) electrons. The Hall–Kier alpha value is -6.69. The first-order chi connectivity index (χ1) is 25.8. The number of para-hydroxylation sites is 2. The van der Waals surface area contributed by atoms with Crippen LogP contribution in [0.25, 0.3) is 109 Å². The van der Waals surface area contributed by atoms with E-state index in [1.165, 1.54) is 20.9 Å². The van der Waals surface area contributed by atoms with Crippen molar-refractivity contribution in [1.29, 1.82) is 0 Å². The van der Waals surface area contributed by atoms with Crippen molar-refractivity contribution in [2.24, 2.45) is 0 Å². The van der Waals surface area contributed by atoms with E-state index in [1.54, 1.807) is 11.3 Å². The lowest BCUT2D eigenvalue weighted by atomic mass is 9.87. The minimum atomic E-state index is 0.569. The van der Waals surface area contributed by atoms with Gasteiger partial charge in [0.25, 0.3) is 0 Å². The number of hydrogen-bond donors (Lipinski definition) is 0. The zero-order valence-electron chi connectivity index (χ0n) is 27.7. The van der Waals surface area contributed by atoms with Crippen molar-refractivity contribution in [2.75, 3.05) is 0 Å². The summed E-state index contributed by atoms with van der Waals surface area (Å²) < 4.78 is 8.95. The van der Waals surface area contributed by atoms with Crippen LogP contribution in [-0.2, 0) is 0 Å². The van der Waals surface area contributed by atoms with Crippen LogP contribution in [0.4, 0.5) is 0 Å². The van der Waals surface area contributed by atoms with E-state index in [2.05, 4.69) is 146 Å². The van der Waals surface area contributed by atoms with Gasteiger partial charge in [-0.3, -0.25) is 0 Å². The molecule has 242 valence electrons. The molecule has 0 aliphatic carbocycles. The van der Waals surface area contributed by atoms with Crippen LogP contribution in [0, 0.1) is 0 Å². The minimum Gasteiger partial charge on any atom is -0.455 e. The van der Waals surface area contributed by atoms with Gasteiger partial charge in [-0.25, -0.2) is 15.0 Å². The molecule has 4 nitrogen and oxygen atoms in total. The molecule has 0 aliphatic rings. The zero-order chi connectivity index (χ0) is 34.2. The molecule has 0 aliphatic heterocycles. The molecule has 3 aromatic heterocycles. The number of fused-ring (bicyclic) bond motifs is 9. The summed E-state index contributed by atoms with van der Waals surface area (Å²) >= 11 is 1.78. The summed E-state index contributed by atoms with van der Waals surface area (Å²) in [6, 6.07) is 57.3. The molecule has 52 heavy (non-hydrogen) atoms. The van der Waals surface area contributed by atoms with E-state index in [0.717, 1.165) is 70.6 Å². The fourth-order valence-corrected chi connectivity index (χ4v) is 9.07. The average molecular weight is 682 g/mol. The predicted octanol–water partition coefficient (Wildman–Crippen LogP) is 13.1. The molecule has 0 N–H and O–H groups in total. The standard InChI is InChI=1S/C47H27N3OS/c1-2-14-28(15-3-1)41-33-20-6-4-16-29(33)30-17-5-7-21-34(30)42(41)47-49-45(37-24-12-22-35-31-18-8-10-26-39(31)51-43(35)37)48-46(50-47)38-25-13-23-36-32-19-9-11-27-40(32)52-44(36)38/h1-27H. The summed E-state index contributed by atoms with van der Waals surface area (Å²) in [5.74, 6) is 1.81. The molecule has 8 aromatic carbocycles. The maximum absolute atomic E-state index is 6.56. The summed E-state index contributed by atoms with van der Waals surface area (Å²) in [6.45, 7) is 0. The second kappa shape index (κ2) is 11.4. The second-order valence-electron chi connectivity index (χ2n) is 13.1. The van der Waals surface area contributed by atoms with Crippen LogP contribution in [-0.4, -0.2) is 15.0 Å². The lowest BCUT2D eigenvalue weighted by Crippen LogP contribution is -2.02. The number of thiophene rings is 1. The molecule has 0 saturated carbocycles. The number of nitrogens with zero attached hydrogens (tertiary/aromatic N) is 3. The van der Waals surface area contributed by atoms with Gasteiger partial charge in [0, 0.05) is 47.6 Å². The van der Waals surface area contributed by atoms with E-state index < -0.39 is 0 Å². The van der Waals surface area contributed by atoms with Crippen LogP contribution in [0.5, 0.6) is 0 Å². The van der Waals surface area contributed by atoms with Gasteiger partial charge in [0.2, 0.25) is 0 Å². The fraction of sp³-hybridized carbons (Fsp3) is 0. The van der Waals surface area contributed by atoms with Gasteiger partial charge in [0.05, 0.1) is 5.56 Å². The lowest BCUT2D eigenvalue weighted by Gasteiger charge is -2.18. The van der Waals surface area contributed by atoms with Gasteiger partial charge in [0.1, 0.15) is 11.2 Å². The Morgan fingerprint density at radius 3 is 1.67 bits per heavy atom. The maximum atomic E-state index is 6.56. The van der Waals surface area contributed by atoms with Gasteiger partial charge in [-0.2, -0.15) is 0 Å². The first kappa shape index (κ1) is 29.1. The van der Waals surface area contributed by atoms with Crippen LogP contribution in [0.15, 0.2) is 168 Å². The highest BCUT2D eigenvalue weighted by Crippen LogP contribution is 2.45. The zero-order valence-corrected chi connectivity index (χ0v) is 28.6. The van der Waals surface area contributed by atoms with E-state index in [4.69, 9.17) is 19.4 Å². The predicted molar refractivity (Wildman–Crippen MR) is 217 cm³/mol. The Balaban J connectivity index is 1.29. The Morgan fingerprint density at radius 2 is 0.904 bits per heavy atom. The Kier molecular flexibility index (Phi) is 6.39. The Bertz CT molecular complexity index is 3060. The summed E-state index contributed by atoms with van der Waals surface area (Å²) in [6.07, 6.45) is 0. The summed E-state index contributed by atoms with van der Waals surface area (Å²) in [4.78, 5) is 16.2. The summed E-state index contributed by atoms with van der Waals surface area (Å²) in [5.41, 5.74) is 6.58. The number of hydrogen-bond acceptors (Lipinski definition) is 5. The van der Waals surface area contributed by atoms with Crippen molar-refractivity contribution in [3.8, 4) is 45.3 Å². The molecule has 0 unspecified atom stereocenters. The topological polar surface area (TPSA) is 51.8 Å². The largest absolute Gasteiger partial charge is 0.455 e. The highest BCUT2D eigenvalue weighted by atomic mass is 32.1. The first-order valence-corrected chi connectivity index (χ1v) is 18.2. The quantitative estimate of drug-likeness (QED) is 0.174. The van der Waals surface area contributed by atoms with Crippen molar-refractivity contribution < 1.29 is 4.42 Å². The SMILES string of the molecule is c1ccc(-c2c(-c3nc(-c4cccc5c4oc4ccccc45)nc(-c4cccc5c4sc4ccccc45)n3)c3ccccc3c3ccccc23)cc1. The molecular formula is C47H27N3OS. The lowest BCUT2D eigenvalue weighted by molar-refractivity contribution is 0.669. The molecule has 3 heterocycles. The second-order valence-corrected chi connectivity index (χ2v) is 14.1. The van der Waals surface area contributed by atoms with Crippen LogP contribution < -0.4 is 0 Å². The molecule has 0 saturated heterocycles. The highest BCUT2D eigenvalue weighted by Gasteiger charge is 2.24. The van der Waals surface area contributed by atoms with Gasteiger partial charge >= 0.3 is 0 Å². The Labute approximate surface area is 302 Å². The van der Waals surface area contributed by atoms with Gasteiger partial charge in [-0.15, -0.1) is 11.3 Å². The molecule has 0 fully saturated rings. The van der Waals surface area contributed by atoms with Gasteiger partial charge in [-0.1, -0.05) is 140 Å². The molecule has 0 spiro atoms. The number of benzene rings is 8. The van der Waals surface area contributed by atoms with Crippen LogP contribution in [0.2, 0.25) is 0 Å². The van der Waals surface area contributed by atoms with E-state index in [1.807, 2.05) is 18.2 Å². The van der Waals surface area contributed by atoms with Crippen molar-refractivity contribution in [1.82, 2.24) is 15.0 Å². The number of furan rings is 1. The van der Waals surface area contributed by atoms with E-state index >= 15 is 0 Å². The fourth-order valence-electron chi connectivity index (χ4n) is 7.85. The third-order valence-electron chi connectivity index (χ3n) is 10.1. The van der Waals surface area contributed by atoms with Crippen LogP contribution in [0.3, 0.4) is 0 Å². The molecule has 0 bridgehead atoms. The smallest absolute Gasteiger partial charge is 0.167 e. The normalized spacial score (nSPS) is 11.8. The molecular weight excluding hydrogens is 655 g/mol. The average Bonchev–Trinajstić information content (AvgIpc) is 3.79. The molecule has 11 rings (SSSR count). The Morgan fingerprint density at radius 1 is 0.365 bits per heavy atom. The van der Waals surface area contributed by atoms with Crippen molar-refractivity contribution in [3.63, 3.8) is 0 Å². The molecule has 11 aromatic rings. The monoisotopic (exact) mass is 681 g/mol. The van der Waals surface area contributed by atoms with E-state index in [-0.39, 0.29) is 0 Å². The summed E-state index contributed by atoms with van der Waals surface area (Å²) in [7, 11) is 0. The minimum absolute atomic E-state index is 0.569. The molecule has 0 amide bonds. The third kappa shape index (κ3) is 4.36. The highest BCUT2D eigenvalue weighted by molar-refractivity contribution is 7.26. The van der Waals surface area contributed by atoms with Crippen molar-refractivity contribution in [2.45, 2.75) is 0 Å². The van der Waals surface area contributed by atoms with Crippen molar-refractivity contribution in [3.05, 3.63) is 164 Å². The number of aromatic nitrogens is 3. The number of rotatable bonds is 4. The van der Waals surface area contributed by atoms with Gasteiger partial charge in [-0.05, 0) is 51.4 Å². The van der Waals surface area contributed by atoms with Crippen LogP contribution in [0.1, 0.15) is 0 Å². The molecule has 5 heteroatoms. The molecule has 0 atom stereocenters. The third-order valence-corrected chi connectivity index (χ3v) is 11.4. The van der Waals surface area contributed by atoms with Crippen LogP contribution >= 0.6 is 11.3 Å². The van der Waals surface area contributed by atoms with E-state index in [9.17, 15) is 0 Å². The summed E-state index contributed by atoms with van der Waals surface area (Å²) in [5, 5.41) is 9.11. The van der Waals surface area contributed by atoms with Gasteiger partial charge < -0.3 is 4.42 Å². The van der Waals surface area contributed by atoms with Gasteiger partial charge in [0.15, 0.2) is 17.5 Å². The maximum Gasteiger partial charge on any atom is 0.167 e.